The SMILES string of the molecule is NC(=S)CN(C(=O)Cc1ccc(Cl)c(Cl)c1)C1CCCC1. The predicted molar refractivity (Wildman–Crippen MR) is 90.9 cm³/mol. The summed E-state index contributed by atoms with van der Waals surface area (Å²) in [6.45, 7) is 0.347. The second-order valence-electron chi connectivity index (χ2n) is 5.35. The van der Waals surface area contributed by atoms with Crippen molar-refractivity contribution >= 4 is 46.3 Å². The van der Waals surface area contributed by atoms with E-state index in [1.165, 1.54) is 0 Å². The Bertz CT molecular complexity index is 544. The van der Waals surface area contributed by atoms with Gasteiger partial charge in [0.25, 0.3) is 0 Å². The fourth-order valence-electron chi connectivity index (χ4n) is 2.73. The van der Waals surface area contributed by atoms with Crippen molar-refractivity contribution < 1.29 is 4.79 Å². The van der Waals surface area contributed by atoms with Crippen LogP contribution in [0.4, 0.5) is 0 Å². The first-order chi connectivity index (χ1) is 9.97. The van der Waals surface area contributed by atoms with Crippen molar-refractivity contribution in [2.75, 3.05) is 6.54 Å². The molecule has 114 valence electrons. The van der Waals surface area contributed by atoms with Crippen LogP contribution in [0.15, 0.2) is 18.2 Å². The summed E-state index contributed by atoms with van der Waals surface area (Å²) in [6, 6.07) is 5.51. The van der Waals surface area contributed by atoms with Gasteiger partial charge >= 0.3 is 0 Å². The van der Waals surface area contributed by atoms with Crippen molar-refractivity contribution in [2.24, 2.45) is 5.73 Å². The summed E-state index contributed by atoms with van der Waals surface area (Å²) < 4.78 is 0. The number of carbonyl (C=O) groups is 1. The van der Waals surface area contributed by atoms with Gasteiger partial charge < -0.3 is 10.6 Å². The van der Waals surface area contributed by atoms with Crippen molar-refractivity contribution in [3.8, 4) is 0 Å². The van der Waals surface area contributed by atoms with E-state index >= 15 is 0 Å². The van der Waals surface area contributed by atoms with Crippen LogP contribution < -0.4 is 5.73 Å². The third kappa shape index (κ3) is 4.56. The van der Waals surface area contributed by atoms with Crippen molar-refractivity contribution in [1.82, 2.24) is 4.90 Å². The summed E-state index contributed by atoms with van der Waals surface area (Å²) in [5.74, 6) is 0.0353. The molecule has 1 amide bonds. The Morgan fingerprint density at radius 2 is 1.95 bits per heavy atom. The van der Waals surface area contributed by atoms with Gasteiger partial charge in [-0.1, -0.05) is 54.3 Å². The highest BCUT2D eigenvalue weighted by Crippen LogP contribution is 2.26. The molecular weight excluding hydrogens is 327 g/mol. The minimum atomic E-state index is 0.0353. The van der Waals surface area contributed by atoms with E-state index in [-0.39, 0.29) is 18.4 Å². The molecule has 0 atom stereocenters. The molecule has 3 nitrogen and oxygen atoms in total. The Morgan fingerprint density at radius 3 is 2.52 bits per heavy atom. The molecule has 1 aliphatic carbocycles. The minimum absolute atomic E-state index is 0.0353. The Kier molecular flexibility index (Phi) is 5.85. The van der Waals surface area contributed by atoms with Crippen molar-refractivity contribution in [2.45, 2.75) is 38.1 Å². The number of carbonyl (C=O) groups excluding carboxylic acids is 1. The average Bonchev–Trinajstić information content (AvgIpc) is 2.93. The van der Waals surface area contributed by atoms with E-state index in [2.05, 4.69) is 0 Å². The van der Waals surface area contributed by atoms with Crippen LogP contribution in [0.5, 0.6) is 0 Å². The van der Waals surface area contributed by atoms with Crippen LogP contribution in [0.25, 0.3) is 0 Å². The van der Waals surface area contributed by atoms with Crippen LogP contribution in [0.2, 0.25) is 10.0 Å². The fourth-order valence-corrected chi connectivity index (χ4v) is 3.19. The lowest BCUT2D eigenvalue weighted by Gasteiger charge is -2.28. The Morgan fingerprint density at radius 1 is 1.29 bits per heavy atom. The van der Waals surface area contributed by atoms with Crippen molar-refractivity contribution in [3.05, 3.63) is 33.8 Å². The smallest absolute Gasteiger partial charge is 0.227 e. The van der Waals surface area contributed by atoms with Crippen LogP contribution in [-0.2, 0) is 11.2 Å². The number of hydrogen-bond donors (Lipinski definition) is 1. The van der Waals surface area contributed by atoms with Crippen molar-refractivity contribution in [1.29, 1.82) is 0 Å². The molecule has 1 aromatic rings. The van der Waals surface area contributed by atoms with E-state index in [0.29, 0.717) is 21.6 Å². The number of benzene rings is 1. The Labute approximate surface area is 140 Å². The van der Waals surface area contributed by atoms with Gasteiger partial charge in [0.05, 0.1) is 28.0 Å². The van der Waals surface area contributed by atoms with E-state index in [4.69, 9.17) is 41.2 Å². The topological polar surface area (TPSA) is 46.3 Å². The molecule has 1 saturated carbocycles. The number of nitrogens with zero attached hydrogens (tertiary/aromatic N) is 1. The maximum Gasteiger partial charge on any atom is 0.227 e. The van der Waals surface area contributed by atoms with Gasteiger partial charge in [0.1, 0.15) is 0 Å². The predicted octanol–water partition coefficient (Wildman–Crippen LogP) is 3.59. The third-order valence-electron chi connectivity index (χ3n) is 3.75. The normalized spacial score (nSPS) is 15.1. The van der Waals surface area contributed by atoms with E-state index in [0.717, 1.165) is 31.2 Å². The molecule has 0 unspecified atom stereocenters. The molecule has 1 aromatic carbocycles. The molecule has 0 aliphatic heterocycles. The summed E-state index contributed by atoms with van der Waals surface area (Å²) in [6.07, 6.45) is 4.64. The number of thiocarbonyl (C=S) groups is 1. The zero-order valence-corrected chi connectivity index (χ0v) is 14.0. The molecule has 0 radical (unpaired) electrons. The maximum absolute atomic E-state index is 12.6. The fraction of sp³-hybridized carbons (Fsp3) is 0.467. The number of halogens is 2. The monoisotopic (exact) mass is 344 g/mol. The molecule has 1 aliphatic rings. The van der Waals surface area contributed by atoms with Crippen LogP contribution >= 0.6 is 35.4 Å². The average molecular weight is 345 g/mol. The zero-order valence-electron chi connectivity index (χ0n) is 11.6. The van der Waals surface area contributed by atoms with Gasteiger partial charge in [-0.3, -0.25) is 4.79 Å². The van der Waals surface area contributed by atoms with Gasteiger partial charge in [-0.05, 0) is 30.5 Å². The molecule has 2 N–H and O–H groups in total. The third-order valence-corrected chi connectivity index (χ3v) is 4.62. The summed E-state index contributed by atoms with van der Waals surface area (Å²) in [5, 5.41) is 0.951. The van der Waals surface area contributed by atoms with E-state index in [9.17, 15) is 4.79 Å². The van der Waals surface area contributed by atoms with E-state index in [1.54, 1.807) is 12.1 Å². The number of nitrogens with two attached hydrogens (primary N) is 1. The number of amides is 1. The Hall–Kier alpha value is -0.840. The standard InChI is InChI=1S/C15H18Cl2N2OS/c16-12-6-5-10(7-13(12)17)8-15(20)19(9-14(18)21)11-3-1-2-4-11/h5-7,11H,1-4,8-9H2,(H2,18,21). The highest BCUT2D eigenvalue weighted by Gasteiger charge is 2.27. The van der Waals surface area contributed by atoms with Gasteiger partial charge in [0, 0.05) is 6.04 Å². The van der Waals surface area contributed by atoms with Crippen molar-refractivity contribution in [3.63, 3.8) is 0 Å². The number of hydrogen-bond acceptors (Lipinski definition) is 2. The molecule has 21 heavy (non-hydrogen) atoms. The molecular formula is C15H18Cl2N2OS. The van der Waals surface area contributed by atoms with Crippen LogP contribution in [0.1, 0.15) is 31.2 Å². The van der Waals surface area contributed by atoms with Gasteiger partial charge in [-0.25, -0.2) is 0 Å². The largest absolute Gasteiger partial charge is 0.392 e. The maximum atomic E-state index is 12.6. The van der Waals surface area contributed by atoms with Crippen LogP contribution in [0, 0.1) is 0 Å². The minimum Gasteiger partial charge on any atom is -0.392 e. The quantitative estimate of drug-likeness (QED) is 0.830. The lowest BCUT2D eigenvalue weighted by molar-refractivity contribution is -0.131. The van der Waals surface area contributed by atoms with Gasteiger partial charge in [0.2, 0.25) is 5.91 Å². The Balaban J connectivity index is 2.09. The summed E-state index contributed by atoms with van der Waals surface area (Å²) in [7, 11) is 0. The second kappa shape index (κ2) is 7.43. The highest BCUT2D eigenvalue weighted by atomic mass is 35.5. The zero-order chi connectivity index (χ0) is 15.4. The summed E-state index contributed by atoms with van der Waals surface area (Å²) in [5.41, 5.74) is 6.48. The second-order valence-corrected chi connectivity index (χ2v) is 6.69. The molecule has 2 rings (SSSR count). The lowest BCUT2D eigenvalue weighted by Crippen LogP contribution is -2.44. The number of rotatable bonds is 5. The highest BCUT2D eigenvalue weighted by molar-refractivity contribution is 7.80. The first-order valence-corrected chi connectivity index (χ1v) is 8.15. The van der Waals surface area contributed by atoms with Crippen LogP contribution in [-0.4, -0.2) is 28.4 Å². The molecule has 0 heterocycles. The summed E-state index contributed by atoms with van der Waals surface area (Å²) in [4.78, 5) is 14.7. The molecule has 0 bridgehead atoms. The van der Waals surface area contributed by atoms with Crippen LogP contribution in [0.3, 0.4) is 0 Å². The van der Waals surface area contributed by atoms with E-state index < -0.39 is 0 Å². The molecule has 0 aromatic heterocycles. The van der Waals surface area contributed by atoms with E-state index in [1.807, 2.05) is 11.0 Å². The first-order valence-electron chi connectivity index (χ1n) is 6.99. The molecule has 6 heteroatoms. The lowest BCUT2D eigenvalue weighted by atomic mass is 10.1. The molecule has 1 fully saturated rings. The van der Waals surface area contributed by atoms with Gasteiger partial charge in [0.15, 0.2) is 0 Å². The molecule has 0 saturated heterocycles. The summed E-state index contributed by atoms with van der Waals surface area (Å²) >= 11 is 16.9. The van der Waals surface area contributed by atoms with Gasteiger partial charge in [-0.2, -0.15) is 0 Å². The van der Waals surface area contributed by atoms with Gasteiger partial charge in [-0.15, -0.1) is 0 Å². The molecule has 0 spiro atoms. The first kappa shape index (κ1) is 16.5.